The molecule has 2 aromatic carbocycles. The Hall–Kier alpha value is -3.91. The Morgan fingerprint density at radius 2 is 1.70 bits per heavy atom. The Labute approximate surface area is 217 Å². The highest BCUT2D eigenvalue weighted by atomic mass is 32.2. The van der Waals surface area contributed by atoms with Crippen molar-refractivity contribution in [1.82, 2.24) is 9.97 Å². The standard InChI is InChI=1S/C29H29N3O4S/c1-3-32(22-7-5-4-6-8-22)26-25(17-20-9-10-20)31-29(34)28(27(26)33)37(35,36)23-13-11-21(12-14-23)24-15-16-30-18-19(24)2/h4-8,11-16,18,20H,3,9-10,17H2,1-2H3,(H2,31,33,34). The lowest BCUT2D eigenvalue weighted by atomic mass is 10.0. The third-order valence-electron chi connectivity index (χ3n) is 6.75. The Morgan fingerprint density at radius 1 is 1.00 bits per heavy atom. The Bertz CT molecular complexity index is 1530. The molecule has 2 aromatic heterocycles. The summed E-state index contributed by atoms with van der Waals surface area (Å²) in [6.07, 6.45) is 6.08. The minimum atomic E-state index is -4.29. The van der Waals surface area contributed by atoms with Crippen molar-refractivity contribution < 1.29 is 18.6 Å². The molecule has 0 aliphatic heterocycles. The van der Waals surface area contributed by atoms with Gasteiger partial charge in [0.05, 0.1) is 10.6 Å². The number of nitrogens with zero attached hydrogens (tertiary/aromatic N) is 3. The number of aryl methyl sites for hydroxylation is 1. The molecule has 7 nitrogen and oxygen atoms in total. The fourth-order valence-electron chi connectivity index (χ4n) is 4.66. The van der Waals surface area contributed by atoms with Crippen LogP contribution in [0.1, 0.15) is 31.0 Å². The Balaban J connectivity index is 1.63. The van der Waals surface area contributed by atoms with Gasteiger partial charge in [-0.3, -0.25) is 4.98 Å². The van der Waals surface area contributed by atoms with Crippen LogP contribution >= 0.6 is 0 Å². The number of para-hydroxylation sites is 1. The van der Waals surface area contributed by atoms with Crippen LogP contribution in [0.3, 0.4) is 0 Å². The van der Waals surface area contributed by atoms with E-state index in [0.29, 0.717) is 30.3 Å². The highest BCUT2D eigenvalue weighted by molar-refractivity contribution is 7.91. The van der Waals surface area contributed by atoms with E-state index >= 15 is 0 Å². The highest BCUT2D eigenvalue weighted by Crippen LogP contribution is 2.47. The molecule has 0 atom stereocenters. The molecule has 1 aliphatic carbocycles. The quantitative estimate of drug-likeness (QED) is 0.305. The third kappa shape index (κ3) is 4.76. The molecule has 4 aromatic rings. The molecule has 1 aliphatic rings. The molecular weight excluding hydrogens is 486 g/mol. The fourth-order valence-corrected chi connectivity index (χ4v) is 6.02. The SMILES string of the molecule is CCN(c1ccccc1)c1c(CC2CC2)nc(O)c(S(=O)(=O)c2ccc(-c3ccncc3C)cc2)c1O. The first kappa shape index (κ1) is 24.8. The Kier molecular flexibility index (Phi) is 6.60. The molecule has 0 spiro atoms. The van der Waals surface area contributed by atoms with Crippen LogP contribution < -0.4 is 4.90 Å². The topological polar surface area (TPSA) is 104 Å². The number of sulfone groups is 1. The van der Waals surface area contributed by atoms with Crippen molar-refractivity contribution in [2.75, 3.05) is 11.4 Å². The Morgan fingerprint density at radius 3 is 2.32 bits per heavy atom. The molecule has 0 radical (unpaired) electrons. The summed E-state index contributed by atoms with van der Waals surface area (Å²) in [6.45, 7) is 4.33. The number of hydrogen-bond donors (Lipinski definition) is 2. The summed E-state index contributed by atoms with van der Waals surface area (Å²) in [7, 11) is -4.29. The van der Waals surface area contributed by atoms with Gasteiger partial charge in [-0.05, 0) is 86.1 Å². The molecule has 0 saturated heterocycles. The second kappa shape index (κ2) is 9.86. The molecule has 2 heterocycles. The van der Waals surface area contributed by atoms with Crippen LogP contribution in [0.15, 0.2) is 82.8 Å². The van der Waals surface area contributed by atoms with Crippen LogP contribution in [-0.2, 0) is 16.3 Å². The van der Waals surface area contributed by atoms with Gasteiger partial charge in [0.1, 0.15) is 5.69 Å². The molecule has 37 heavy (non-hydrogen) atoms. The van der Waals surface area contributed by atoms with Crippen molar-refractivity contribution in [3.05, 3.63) is 84.3 Å². The van der Waals surface area contributed by atoms with Gasteiger partial charge in [0.25, 0.3) is 0 Å². The van der Waals surface area contributed by atoms with Gasteiger partial charge in [-0.15, -0.1) is 0 Å². The van der Waals surface area contributed by atoms with E-state index in [-0.39, 0.29) is 4.90 Å². The maximum atomic E-state index is 13.7. The lowest BCUT2D eigenvalue weighted by molar-refractivity contribution is 0.405. The van der Waals surface area contributed by atoms with Crippen LogP contribution in [0.25, 0.3) is 11.1 Å². The number of aromatic nitrogens is 2. The largest absolute Gasteiger partial charge is 0.504 e. The minimum Gasteiger partial charge on any atom is -0.504 e. The molecule has 0 bridgehead atoms. The number of benzene rings is 2. The first-order chi connectivity index (χ1) is 17.8. The second-order valence-electron chi connectivity index (χ2n) is 9.35. The van der Waals surface area contributed by atoms with Gasteiger partial charge in [-0.2, -0.15) is 0 Å². The predicted molar refractivity (Wildman–Crippen MR) is 143 cm³/mol. The third-order valence-corrected chi connectivity index (χ3v) is 8.56. The number of pyridine rings is 2. The zero-order valence-corrected chi connectivity index (χ0v) is 21.6. The van der Waals surface area contributed by atoms with Gasteiger partial charge in [0.2, 0.25) is 15.7 Å². The van der Waals surface area contributed by atoms with Crippen molar-refractivity contribution in [2.45, 2.75) is 42.9 Å². The smallest absolute Gasteiger partial charge is 0.234 e. The van der Waals surface area contributed by atoms with Crippen molar-refractivity contribution in [2.24, 2.45) is 5.92 Å². The summed E-state index contributed by atoms with van der Waals surface area (Å²) in [4.78, 5) is 9.67. The van der Waals surface area contributed by atoms with E-state index in [1.165, 1.54) is 12.1 Å². The molecule has 0 amide bonds. The number of hydrogen-bond acceptors (Lipinski definition) is 7. The van der Waals surface area contributed by atoms with Crippen LogP contribution in [0.4, 0.5) is 11.4 Å². The lowest BCUT2D eigenvalue weighted by Crippen LogP contribution is -2.20. The normalized spacial score (nSPS) is 13.5. The van der Waals surface area contributed by atoms with E-state index in [1.807, 2.05) is 55.1 Å². The van der Waals surface area contributed by atoms with Crippen LogP contribution in [-0.4, -0.2) is 35.1 Å². The average Bonchev–Trinajstić information content (AvgIpc) is 3.71. The predicted octanol–water partition coefficient (Wildman–Crippen LogP) is 5.81. The first-order valence-corrected chi connectivity index (χ1v) is 13.8. The van der Waals surface area contributed by atoms with Crippen LogP contribution in [0.2, 0.25) is 0 Å². The average molecular weight is 516 g/mol. The summed E-state index contributed by atoms with van der Waals surface area (Å²) in [5.74, 6) is -0.760. The zero-order chi connectivity index (χ0) is 26.2. The van der Waals surface area contributed by atoms with Crippen molar-refractivity contribution in [3.63, 3.8) is 0 Å². The molecule has 5 rings (SSSR count). The fraction of sp³-hybridized carbons (Fsp3) is 0.241. The molecule has 0 unspecified atom stereocenters. The van der Waals surface area contributed by atoms with E-state index in [9.17, 15) is 18.6 Å². The summed E-state index contributed by atoms with van der Waals surface area (Å²) in [5.41, 5.74) is 4.36. The van der Waals surface area contributed by atoms with Gasteiger partial charge in [-0.25, -0.2) is 13.4 Å². The zero-order valence-electron chi connectivity index (χ0n) is 20.8. The summed E-state index contributed by atoms with van der Waals surface area (Å²) in [6, 6.07) is 17.7. The van der Waals surface area contributed by atoms with E-state index in [0.717, 1.165) is 35.2 Å². The first-order valence-electron chi connectivity index (χ1n) is 12.3. The maximum absolute atomic E-state index is 13.7. The lowest BCUT2D eigenvalue weighted by Gasteiger charge is -2.27. The maximum Gasteiger partial charge on any atom is 0.234 e. The molecule has 190 valence electrons. The molecule has 1 saturated carbocycles. The number of aromatic hydroxyl groups is 2. The highest BCUT2D eigenvalue weighted by Gasteiger charge is 2.34. The van der Waals surface area contributed by atoms with E-state index in [2.05, 4.69) is 9.97 Å². The number of anilines is 2. The molecular formula is C29H29N3O4S. The van der Waals surface area contributed by atoms with Crippen molar-refractivity contribution in [1.29, 1.82) is 0 Å². The van der Waals surface area contributed by atoms with Gasteiger partial charge in [-0.1, -0.05) is 30.3 Å². The van der Waals surface area contributed by atoms with E-state index in [1.54, 1.807) is 24.5 Å². The van der Waals surface area contributed by atoms with Gasteiger partial charge in [0.15, 0.2) is 10.6 Å². The van der Waals surface area contributed by atoms with Gasteiger partial charge < -0.3 is 15.1 Å². The monoisotopic (exact) mass is 515 g/mol. The van der Waals surface area contributed by atoms with Gasteiger partial charge >= 0.3 is 0 Å². The minimum absolute atomic E-state index is 0.0426. The van der Waals surface area contributed by atoms with Crippen molar-refractivity contribution in [3.8, 4) is 22.8 Å². The summed E-state index contributed by atoms with van der Waals surface area (Å²) in [5, 5.41) is 22.3. The van der Waals surface area contributed by atoms with Crippen LogP contribution in [0, 0.1) is 12.8 Å². The van der Waals surface area contributed by atoms with Crippen molar-refractivity contribution >= 4 is 21.2 Å². The molecule has 1 fully saturated rings. The second-order valence-corrected chi connectivity index (χ2v) is 11.2. The van der Waals surface area contributed by atoms with Crippen LogP contribution in [0.5, 0.6) is 11.6 Å². The number of rotatable bonds is 8. The summed E-state index contributed by atoms with van der Waals surface area (Å²) >= 11 is 0. The van der Waals surface area contributed by atoms with Gasteiger partial charge in [0, 0.05) is 24.6 Å². The molecule has 8 heteroatoms. The van der Waals surface area contributed by atoms with E-state index in [4.69, 9.17) is 0 Å². The summed E-state index contributed by atoms with van der Waals surface area (Å²) < 4.78 is 27.5. The molecule has 2 N–H and O–H groups in total. The van der Waals surface area contributed by atoms with E-state index < -0.39 is 26.4 Å².